The Hall–Kier alpha value is -7.92. The summed E-state index contributed by atoms with van der Waals surface area (Å²) in [5.74, 6) is 0. The standard InChI is InChI=1S/C68H49BN2S/c1-66(2,3)41-34-35-57(47(36-41)40-20-7-6-8-21-40)70-59-39-55-48(44-24-9-13-27-50(44)67(55,4)5)37-56(59)69-63-60(70)38-49-45-25-12-18-33-61(45)72-65(49)62(63)46-26-19-31-54-64(46)71(69)58-32-17-16-30-53(58)68(54)51-28-14-10-22-42(51)43-23-11-15-29-52(43)68/h6-39H,1-5H3. The third kappa shape index (κ3) is 4.96. The normalized spacial score (nSPS) is 15.4. The van der Waals surface area contributed by atoms with Crippen molar-refractivity contribution >= 4 is 77.7 Å². The summed E-state index contributed by atoms with van der Waals surface area (Å²) >= 11 is 1.96. The Morgan fingerprint density at radius 2 is 1.07 bits per heavy atom. The quantitative estimate of drug-likeness (QED) is 0.159. The molecule has 72 heavy (non-hydrogen) atoms. The molecule has 0 N–H and O–H groups in total. The summed E-state index contributed by atoms with van der Waals surface area (Å²) in [6, 6.07) is 79.7. The van der Waals surface area contributed by atoms with E-state index in [1.54, 1.807) is 0 Å². The van der Waals surface area contributed by atoms with Crippen LogP contribution in [-0.2, 0) is 16.2 Å². The number of anilines is 5. The van der Waals surface area contributed by atoms with E-state index >= 15 is 0 Å². The van der Waals surface area contributed by atoms with Crippen LogP contribution in [0.1, 0.15) is 73.6 Å². The number of benzene rings is 10. The van der Waals surface area contributed by atoms with E-state index in [-0.39, 0.29) is 17.7 Å². The Labute approximate surface area is 425 Å². The third-order valence-corrected chi connectivity index (χ3v) is 18.6. The van der Waals surface area contributed by atoms with Crippen LogP contribution in [0.5, 0.6) is 0 Å². The molecule has 0 saturated carbocycles. The summed E-state index contributed by atoms with van der Waals surface area (Å²) in [6.45, 7) is 11.7. The molecule has 10 aromatic carbocycles. The van der Waals surface area contributed by atoms with Crippen molar-refractivity contribution < 1.29 is 0 Å². The molecule has 16 rings (SSSR count). The lowest BCUT2D eigenvalue weighted by Crippen LogP contribution is -2.63. The Morgan fingerprint density at radius 1 is 0.444 bits per heavy atom. The second kappa shape index (κ2) is 13.9. The van der Waals surface area contributed by atoms with Crippen molar-refractivity contribution in [1.82, 2.24) is 0 Å². The minimum Gasteiger partial charge on any atom is -0.376 e. The number of fused-ring (bicyclic) bond motifs is 20. The van der Waals surface area contributed by atoms with Crippen LogP contribution in [0.4, 0.5) is 28.4 Å². The Bertz CT molecular complexity index is 4160. The first-order chi connectivity index (χ1) is 35.1. The van der Waals surface area contributed by atoms with Gasteiger partial charge in [0.2, 0.25) is 0 Å². The second-order valence-electron chi connectivity index (χ2n) is 22.3. The van der Waals surface area contributed by atoms with E-state index in [2.05, 4.69) is 251 Å². The molecule has 0 atom stereocenters. The summed E-state index contributed by atoms with van der Waals surface area (Å²) in [7, 11) is 0. The van der Waals surface area contributed by atoms with Crippen molar-refractivity contribution in [2.45, 2.75) is 50.9 Å². The van der Waals surface area contributed by atoms with Crippen molar-refractivity contribution in [1.29, 1.82) is 0 Å². The van der Waals surface area contributed by atoms with E-state index in [4.69, 9.17) is 0 Å². The fourth-order valence-electron chi connectivity index (χ4n) is 14.3. The van der Waals surface area contributed by atoms with Gasteiger partial charge in [-0.2, -0.15) is 0 Å². The number of hydrogen-bond acceptors (Lipinski definition) is 3. The van der Waals surface area contributed by atoms with Crippen molar-refractivity contribution in [3.8, 4) is 44.5 Å². The third-order valence-electron chi connectivity index (χ3n) is 17.4. The minimum atomic E-state index is -0.524. The van der Waals surface area contributed by atoms with Crippen LogP contribution in [0.25, 0.3) is 64.7 Å². The average molecular weight is 937 g/mol. The highest BCUT2D eigenvalue weighted by molar-refractivity contribution is 7.26. The maximum absolute atomic E-state index is 2.80. The summed E-state index contributed by atoms with van der Waals surface area (Å²) < 4.78 is 2.67. The van der Waals surface area contributed by atoms with Crippen LogP contribution in [0.2, 0.25) is 0 Å². The zero-order valence-corrected chi connectivity index (χ0v) is 41.8. The van der Waals surface area contributed by atoms with Gasteiger partial charge >= 0.3 is 6.85 Å². The van der Waals surface area contributed by atoms with E-state index in [9.17, 15) is 0 Å². The van der Waals surface area contributed by atoms with E-state index < -0.39 is 5.41 Å². The van der Waals surface area contributed by atoms with Crippen LogP contribution in [0.3, 0.4) is 0 Å². The molecular weight excluding hydrogens is 888 g/mol. The zero-order valence-electron chi connectivity index (χ0n) is 41.0. The highest BCUT2D eigenvalue weighted by atomic mass is 32.1. The van der Waals surface area contributed by atoms with Crippen LogP contribution < -0.4 is 20.6 Å². The molecule has 11 aromatic rings. The molecule has 0 bridgehead atoms. The first kappa shape index (κ1) is 40.8. The molecule has 1 aromatic heterocycles. The molecule has 2 aliphatic carbocycles. The SMILES string of the molecule is CC(C)(C)c1ccc(N2c3cc4c(cc3B3c5c2cc2c(sc6ccccc62)c5-c2cccc5c2N3c2ccccc2C52c3ccccc3-c3ccccc32)-c2ccccc2C4(C)C)c(-c2ccccc2)c1. The van der Waals surface area contributed by atoms with Gasteiger partial charge in [-0.1, -0.05) is 204 Å². The van der Waals surface area contributed by atoms with E-state index in [0.29, 0.717) is 0 Å². The molecule has 4 heterocycles. The maximum atomic E-state index is 2.80. The molecule has 0 fully saturated rings. The van der Waals surface area contributed by atoms with Gasteiger partial charge in [-0.05, 0) is 120 Å². The lowest BCUT2D eigenvalue weighted by molar-refractivity contribution is 0.590. The van der Waals surface area contributed by atoms with Crippen LogP contribution in [0.15, 0.2) is 206 Å². The molecular formula is C68H49BN2S. The minimum absolute atomic E-state index is 0.0436. The molecule has 340 valence electrons. The fraction of sp³-hybridized carbons (Fsp3) is 0.118. The Kier molecular flexibility index (Phi) is 7.89. The topological polar surface area (TPSA) is 6.48 Å². The van der Waals surface area contributed by atoms with Gasteiger partial charge in [0.1, 0.15) is 0 Å². The number of thiophene rings is 1. The van der Waals surface area contributed by atoms with Gasteiger partial charge in [-0.3, -0.25) is 0 Å². The lowest BCUT2D eigenvalue weighted by atomic mass is 9.42. The van der Waals surface area contributed by atoms with Gasteiger partial charge in [0.05, 0.1) is 11.1 Å². The van der Waals surface area contributed by atoms with Crippen molar-refractivity contribution in [2.24, 2.45) is 0 Å². The summed E-state index contributed by atoms with van der Waals surface area (Å²) in [4.78, 5) is 5.50. The fourth-order valence-corrected chi connectivity index (χ4v) is 15.5. The predicted octanol–water partition coefficient (Wildman–Crippen LogP) is 16.7. The van der Waals surface area contributed by atoms with Gasteiger partial charge in [0, 0.05) is 65.0 Å². The number of nitrogens with zero attached hydrogens (tertiary/aromatic N) is 2. The van der Waals surface area contributed by atoms with Crippen molar-refractivity contribution in [3.63, 3.8) is 0 Å². The predicted molar refractivity (Wildman–Crippen MR) is 306 cm³/mol. The van der Waals surface area contributed by atoms with Gasteiger partial charge in [0.15, 0.2) is 0 Å². The van der Waals surface area contributed by atoms with Crippen LogP contribution in [-0.4, -0.2) is 6.85 Å². The molecule has 0 amide bonds. The van der Waals surface area contributed by atoms with Crippen LogP contribution >= 0.6 is 11.3 Å². The Morgan fingerprint density at radius 3 is 1.82 bits per heavy atom. The lowest BCUT2D eigenvalue weighted by Gasteiger charge is -2.52. The molecule has 0 saturated heterocycles. The summed E-state index contributed by atoms with van der Waals surface area (Å²) in [5.41, 5.74) is 28.1. The number of para-hydroxylation sites is 2. The van der Waals surface area contributed by atoms with E-state index in [1.807, 2.05) is 11.3 Å². The monoisotopic (exact) mass is 936 g/mol. The number of hydrogen-bond donors (Lipinski definition) is 0. The van der Waals surface area contributed by atoms with Crippen molar-refractivity contribution in [2.75, 3.05) is 9.71 Å². The van der Waals surface area contributed by atoms with Gasteiger partial charge in [-0.15, -0.1) is 11.3 Å². The number of rotatable bonds is 2. The van der Waals surface area contributed by atoms with Gasteiger partial charge in [0.25, 0.3) is 0 Å². The molecule has 0 unspecified atom stereocenters. The van der Waals surface area contributed by atoms with E-state index in [1.165, 1.54) is 143 Å². The zero-order chi connectivity index (χ0) is 48.0. The highest BCUT2D eigenvalue weighted by Gasteiger charge is 2.57. The van der Waals surface area contributed by atoms with Crippen molar-refractivity contribution in [3.05, 3.63) is 245 Å². The maximum Gasteiger partial charge on any atom is 0.333 e. The second-order valence-corrected chi connectivity index (χ2v) is 23.4. The van der Waals surface area contributed by atoms with E-state index in [0.717, 1.165) is 0 Å². The van der Waals surface area contributed by atoms with Gasteiger partial charge in [-0.25, -0.2) is 0 Å². The van der Waals surface area contributed by atoms with Gasteiger partial charge < -0.3 is 9.71 Å². The molecule has 5 aliphatic rings. The largest absolute Gasteiger partial charge is 0.376 e. The molecule has 0 radical (unpaired) electrons. The molecule has 2 nitrogen and oxygen atoms in total. The summed E-state index contributed by atoms with van der Waals surface area (Å²) in [5, 5.41) is 2.62. The average Bonchev–Trinajstić information content (AvgIpc) is 4.02. The first-order valence-corrected chi connectivity index (χ1v) is 26.4. The van der Waals surface area contributed by atoms with Crippen LogP contribution in [0, 0.1) is 0 Å². The highest BCUT2D eigenvalue weighted by Crippen LogP contribution is 2.66. The smallest absolute Gasteiger partial charge is 0.333 e. The summed E-state index contributed by atoms with van der Waals surface area (Å²) in [6.07, 6.45) is 0. The molecule has 4 heteroatoms. The molecule has 1 spiro atoms. The first-order valence-electron chi connectivity index (χ1n) is 25.6. The molecule has 3 aliphatic heterocycles. The Balaban J connectivity index is 1.11.